The van der Waals surface area contributed by atoms with Crippen molar-refractivity contribution in [2.45, 2.75) is 433 Å². The second kappa shape index (κ2) is 70.1. The van der Waals surface area contributed by atoms with Crippen LogP contribution in [0.3, 0.4) is 0 Å². The summed E-state index contributed by atoms with van der Waals surface area (Å²) >= 11 is 0. The molecule has 0 aromatic rings. The number of ether oxygens (including phenoxy) is 4. The zero-order valence-corrected chi connectivity index (χ0v) is 67.6. The summed E-state index contributed by atoms with van der Waals surface area (Å²) < 4.78 is 68.6. The fraction of sp³-hybridized carbons (Fsp3) is 0.951. The van der Waals surface area contributed by atoms with Crippen LogP contribution in [0.5, 0.6) is 0 Å². The van der Waals surface area contributed by atoms with E-state index in [1.165, 1.54) is 212 Å². The Morgan fingerprint density at radius 2 is 0.480 bits per heavy atom. The maximum atomic E-state index is 13.1. The number of carbonyl (C=O) groups excluding carboxylic acids is 4. The lowest BCUT2D eigenvalue weighted by molar-refractivity contribution is -0.161. The van der Waals surface area contributed by atoms with E-state index in [2.05, 4.69) is 55.4 Å². The number of esters is 4. The number of phosphoric ester groups is 2. The number of hydrogen-bond acceptors (Lipinski definition) is 15. The van der Waals surface area contributed by atoms with Gasteiger partial charge in [0.25, 0.3) is 0 Å². The standard InChI is InChI=1S/C81H158O17P2/c1-9-74(8)60-52-44-35-29-23-19-14-12-10-11-13-15-21-25-31-37-47-55-63-80(85)98-77(68-92-79(84)62-54-46-40-39-43-51-59-73(6)7)70-96-100(89,90)94-66-75(82)65-93-99(87,88)95-69-76(97-81(86)64-56-48-38-32-26-28-34-42-50-58-72(4)5)67-91-78(83)61-53-45-36-30-24-20-17-16-18-22-27-33-41-49-57-71(2)3/h71-77,82H,9-70H2,1-8H3,(H,87,88)(H,89,90)/t74?,75-,76-,77-/m1/s1. The van der Waals surface area contributed by atoms with Gasteiger partial charge in [-0.2, -0.15) is 0 Å². The van der Waals surface area contributed by atoms with Crippen LogP contribution in [0.4, 0.5) is 0 Å². The van der Waals surface area contributed by atoms with Crippen LogP contribution in [0.1, 0.15) is 415 Å². The van der Waals surface area contributed by atoms with Gasteiger partial charge in [0.2, 0.25) is 0 Å². The Bertz CT molecular complexity index is 1960. The van der Waals surface area contributed by atoms with E-state index in [-0.39, 0.29) is 25.7 Å². The molecule has 17 nitrogen and oxygen atoms in total. The van der Waals surface area contributed by atoms with Crippen molar-refractivity contribution in [3.05, 3.63) is 0 Å². The molecule has 594 valence electrons. The third-order valence-corrected chi connectivity index (χ3v) is 21.1. The topological polar surface area (TPSA) is 237 Å². The van der Waals surface area contributed by atoms with Gasteiger partial charge in [-0.05, 0) is 49.4 Å². The normalized spacial score (nSPS) is 14.3. The first-order chi connectivity index (χ1) is 48.1. The number of aliphatic hydroxyl groups excluding tert-OH is 1. The van der Waals surface area contributed by atoms with Gasteiger partial charge in [-0.1, -0.05) is 364 Å². The van der Waals surface area contributed by atoms with Crippen molar-refractivity contribution >= 4 is 39.5 Å². The molecule has 0 heterocycles. The van der Waals surface area contributed by atoms with E-state index in [0.717, 1.165) is 114 Å². The summed E-state index contributed by atoms with van der Waals surface area (Å²) in [6.07, 6.45) is 57.1. The summed E-state index contributed by atoms with van der Waals surface area (Å²) in [6.45, 7) is 14.2. The van der Waals surface area contributed by atoms with Gasteiger partial charge in [-0.3, -0.25) is 37.3 Å². The van der Waals surface area contributed by atoms with Crippen molar-refractivity contribution in [2.75, 3.05) is 39.6 Å². The summed E-state index contributed by atoms with van der Waals surface area (Å²) in [6, 6.07) is 0. The smallest absolute Gasteiger partial charge is 0.462 e. The maximum Gasteiger partial charge on any atom is 0.472 e. The molecule has 0 aliphatic heterocycles. The number of rotatable bonds is 78. The van der Waals surface area contributed by atoms with Crippen LogP contribution in [0.25, 0.3) is 0 Å². The van der Waals surface area contributed by atoms with Gasteiger partial charge in [-0.25, -0.2) is 9.13 Å². The Morgan fingerprint density at radius 3 is 0.710 bits per heavy atom. The second-order valence-corrected chi connectivity index (χ2v) is 33.7. The Morgan fingerprint density at radius 1 is 0.280 bits per heavy atom. The molecule has 0 rings (SSSR count). The van der Waals surface area contributed by atoms with Crippen LogP contribution >= 0.6 is 15.6 Å². The van der Waals surface area contributed by atoms with Crippen LogP contribution in [0.15, 0.2) is 0 Å². The predicted octanol–water partition coefficient (Wildman–Crippen LogP) is 24.0. The van der Waals surface area contributed by atoms with Gasteiger partial charge < -0.3 is 33.8 Å². The molecular formula is C81H158O17P2. The first kappa shape index (κ1) is 98.1. The van der Waals surface area contributed by atoms with Crippen molar-refractivity contribution in [3.8, 4) is 0 Å². The van der Waals surface area contributed by atoms with Crippen LogP contribution < -0.4 is 0 Å². The van der Waals surface area contributed by atoms with Gasteiger partial charge in [0.1, 0.15) is 19.3 Å². The minimum absolute atomic E-state index is 0.105. The largest absolute Gasteiger partial charge is 0.472 e. The van der Waals surface area contributed by atoms with Crippen molar-refractivity contribution in [1.29, 1.82) is 0 Å². The lowest BCUT2D eigenvalue weighted by atomic mass is 9.99. The van der Waals surface area contributed by atoms with E-state index in [1.807, 2.05) is 0 Å². The molecule has 0 spiro atoms. The summed E-state index contributed by atoms with van der Waals surface area (Å²) in [7, 11) is -9.92. The van der Waals surface area contributed by atoms with Gasteiger partial charge >= 0.3 is 39.5 Å². The molecule has 3 N–H and O–H groups in total. The average Bonchev–Trinajstić information content (AvgIpc) is 1.15. The van der Waals surface area contributed by atoms with E-state index in [0.29, 0.717) is 31.6 Å². The number of unbranched alkanes of at least 4 members (excludes halogenated alkanes) is 43. The highest BCUT2D eigenvalue weighted by Crippen LogP contribution is 2.45. The van der Waals surface area contributed by atoms with E-state index in [1.54, 1.807) is 0 Å². The Kier molecular flexibility index (Phi) is 68.7. The molecule has 0 bridgehead atoms. The van der Waals surface area contributed by atoms with Crippen LogP contribution in [0.2, 0.25) is 0 Å². The molecule has 0 aliphatic carbocycles. The first-order valence-corrected chi connectivity index (χ1v) is 44.7. The third kappa shape index (κ3) is 73.0. The minimum Gasteiger partial charge on any atom is -0.462 e. The molecule has 0 amide bonds. The lowest BCUT2D eigenvalue weighted by Crippen LogP contribution is -2.30. The number of aliphatic hydroxyl groups is 1. The zero-order chi connectivity index (χ0) is 73.8. The average molecular weight is 1470 g/mol. The maximum absolute atomic E-state index is 13.1. The minimum atomic E-state index is -4.96. The molecule has 0 saturated carbocycles. The van der Waals surface area contributed by atoms with Crippen LogP contribution in [-0.2, 0) is 65.4 Å². The van der Waals surface area contributed by atoms with Crippen molar-refractivity contribution < 1.29 is 80.2 Å². The number of carbonyl (C=O) groups is 4. The lowest BCUT2D eigenvalue weighted by Gasteiger charge is -2.21. The van der Waals surface area contributed by atoms with E-state index in [4.69, 9.17) is 37.0 Å². The Hall–Kier alpha value is -1.94. The molecule has 19 heteroatoms. The van der Waals surface area contributed by atoms with Crippen molar-refractivity contribution in [1.82, 2.24) is 0 Å². The fourth-order valence-electron chi connectivity index (χ4n) is 12.4. The number of hydrogen-bond donors (Lipinski definition) is 3. The molecule has 0 saturated heterocycles. The molecule has 6 atom stereocenters. The molecule has 0 aromatic carbocycles. The molecule has 0 fully saturated rings. The molecular weight excluding hydrogens is 1310 g/mol. The van der Waals surface area contributed by atoms with Crippen molar-refractivity contribution in [2.24, 2.45) is 23.7 Å². The number of phosphoric acid groups is 2. The quantitative estimate of drug-likeness (QED) is 0.0222. The van der Waals surface area contributed by atoms with E-state index >= 15 is 0 Å². The zero-order valence-electron chi connectivity index (χ0n) is 65.8. The second-order valence-electron chi connectivity index (χ2n) is 30.8. The molecule has 0 aromatic heterocycles. The van der Waals surface area contributed by atoms with Gasteiger partial charge in [0, 0.05) is 25.7 Å². The van der Waals surface area contributed by atoms with E-state index in [9.17, 15) is 43.2 Å². The first-order valence-electron chi connectivity index (χ1n) is 41.7. The van der Waals surface area contributed by atoms with E-state index < -0.39 is 97.5 Å². The summed E-state index contributed by atoms with van der Waals surface area (Å²) in [4.78, 5) is 72.9. The third-order valence-electron chi connectivity index (χ3n) is 19.2. The Balaban J connectivity index is 5.15. The van der Waals surface area contributed by atoms with Gasteiger partial charge in [-0.15, -0.1) is 0 Å². The van der Waals surface area contributed by atoms with Crippen LogP contribution in [-0.4, -0.2) is 96.7 Å². The molecule has 0 aliphatic rings. The summed E-state index contributed by atoms with van der Waals surface area (Å²) in [5, 5.41) is 10.6. The fourth-order valence-corrected chi connectivity index (χ4v) is 14.0. The molecule has 3 unspecified atom stereocenters. The van der Waals surface area contributed by atoms with Crippen LogP contribution in [0, 0.1) is 23.7 Å². The predicted molar refractivity (Wildman–Crippen MR) is 409 cm³/mol. The van der Waals surface area contributed by atoms with Crippen molar-refractivity contribution in [3.63, 3.8) is 0 Å². The SMILES string of the molecule is CCC(C)CCCCCCCCCCCCCCCCCCCCC(=O)O[C@H](COC(=O)CCCCCCCCC(C)C)COP(=O)(O)OC[C@H](O)COP(=O)(O)OC[C@@H](COC(=O)CCCCCCCCCCCCCCCCC(C)C)OC(=O)CCCCCCCCCCCC(C)C. The highest BCUT2D eigenvalue weighted by Gasteiger charge is 2.30. The highest BCUT2D eigenvalue weighted by molar-refractivity contribution is 7.47. The summed E-state index contributed by atoms with van der Waals surface area (Å²) in [5.74, 6) is 0.968. The molecule has 0 radical (unpaired) electrons. The van der Waals surface area contributed by atoms with Gasteiger partial charge in [0.05, 0.1) is 26.4 Å². The monoisotopic (exact) mass is 1470 g/mol. The Labute approximate surface area is 613 Å². The molecule has 100 heavy (non-hydrogen) atoms. The van der Waals surface area contributed by atoms with Gasteiger partial charge in [0.15, 0.2) is 12.2 Å². The summed E-state index contributed by atoms with van der Waals surface area (Å²) in [5.41, 5.74) is 0. The highest BCUT2D eigenvalue weighted by atomic mass is 31.2.